The first-order valence-electron chi connectivity index (χ1n) is 4.08. The van der Waals surface area contributed by atoms with Crippen LogP contribution in [-0.4, -0.2) is 36.6 Å². The highest BCUT2D eigenvalue weighted by Crippen LogP contribution is 1.94. The maximum Gasteiger partial charge on any atom is 0.343 e. The molecule has 0 saturated heterocycles. The van der Waals surface area contributed by atoms with E-state index in [-0.39, 0.29) is 6.61 Å². The SMILES string of the molecule is CCOC(=O)CC(=O)ON(C)C(C)=O. The minimum Gasteiger partial charge on any atom is -0.466 e. The first-order chi connectivity index (χ1) is 6.47. The van der Waals surface area contributed by atoms with Gasteiger partial charge in [-0.15, -0.1) is 0 Å². The normalized spacial score (nSPS) is 9.07. The van der Waals surface area contributed by atoms with Gasteiger partial charge in [-0.05, 0) is 6.92 Å². The van der Waals surface area contributed by atoms with Crippen LogP contribution in [0.15, 0.2) is 0 Å². The smallest absolute Gasteiger partial charge is 0.343 e. The Kier molecular flexibility index (Phi) is 5.28. The lowest BCUT2D eigenvalue weighted by molar-refractivity contribution is -0.192. The molecule has 80 valence electrons. The van der Waals surface area contributed by atoms with Gasteiger partial charge in [-0.25, -0.2) is 4.79 Å². The van der Waals surface area contributed by atoms with Crippen LogP contribution < -0.4 is 0 Å². The zero-order valence-corrected chi connectivity index (χ0v) is 8.40. The predicted octanol–water partition coefficient (Wildman–Crippen LogP) is -0.124. The molecule has 0 unspecified atom stereocenters. The molecule has 0 aromatic rings. The molecule has 0 fully saturated rings. The number of carbonyl (C=O) groups is 3. The summed E-state index contributed by atoms with van der Waals surface area (Å²) in [5.74, 6) is -1.92. The van der Waals surface area contributed by atoms with E-state index in [4.69, 9.17) is 0 Å². The summed E-state index contributed by atoms with van der Waals surface area (Å²) in [6.07, 6.45) is -0.495. The second kappa shape index (κ2) is 5.95. The van der Waals surface area contributed by atoms with Crippen LogP contribution >= 0.6 is 0 Å². The van der Waals surface area contributed by atoms with Crippen molar-refractivity contribution >= 4 is 17.8 Å². The third-order valence-corrected chi connectivity index (χ3v) is 1.28. The van der Waals surface area contributed by atoms with E-state index in [1.165, 1.54) is 14.0 Å². The molecule has 0 radical (unpaired) electrons. The van der Waals surface area contributed by atoms with Gasteiger partial charge in [0.05, 0.1) is 6.61 Å². The molecule has 0 aromatic heterocycles. The van der Waals surface area contributed by atoms with Crippen LogP contribution in [0.4, 0.5) is 0 Å². The number of hydrogen-bond donors (Lipinski definition) is 0. The Balaban J connectivity index is 3.86. The molecule has 0 bridgehead atoms. The fourth-order valence-electron chi connectivity index (χ4n) is 0.579. The van der Waals surface area contributed by atoms with Crippen LogP contribution in [-0.2, 0) is 24.0 Å². The van der Waals surface area contributed by atoms with Gasteiger partial charge in [-0.3, -0.25) is 9.59 Å². The Morgan fingerprint density at radius 3 is 2.21 bits per heavy atom. The summed E-state index contributed by atoms with van der Waals surface area (Å²) in [5.41, 5.74) is 0. The Bertz CT molecular complexity index is 238. The molecule has 0 aliphatic heterocycles. The zero-order valence-electron chi connectivity index (χ0n) is 8.40. The van der Waals surface area contributed by atoms with E-state index in [2.05, 4.69) is 9.57 Å². The molecule has 0 heterocycles. The Morgan fingerprint density at radius 2 is 1.79 bits per heavy atom. The summed E-state index contributed by atoms with van der Waals surface area (Å²) in [6.45, 7) is 3.07. The lowest BCUT2D eigenvalue weighted by Gasteiger charge is -2.13. The molecule has 6 heteroatoms. The number of nitrogens with zero attached hydrogens (tertiary/aromatic N) is 1. The number of hydroxylamine groups is 2. The van der Waals surface area contributed by atoms with Gasteiger partial charge >= 0.3 is 11.9 Å². The predicted molar refractivity (Wildman–Crippen MR) is 45.8 cm³/mol. The van der Waals surface area contributed by atoms with Crippen molar-refractivity contribution in [2.45, 2.75) is 20.3 Å². The summed E-state index contributed by atoms with van der Waals surface area (Å²) in [7, 11) is 1.28. The van der Waals surface area contributed by atoms with E-state index in [1.54, 1.807) is 6.92 Å². The lowest BCUT2D eigenvalue weighted by Crippen LogP contribution is -2.28. The van der Waals surface area contributed by atoms with Crippen LogP contribution in [0.25, 0.3) is 0 Å². The molecule has 1 amide bonds. The molecular weight excluding hydrogens is 190 g/mol. The molecule has 0 atom stereocenters. The highest BCUT2D eigenvalue weighted by Gasteiger charge is 2.15. The Hall–Kier alpha value is -1.59. The van der Waals surface area contributed by atoms with Gasteiger partial charge in [0.25, 0.3) is 5.91 Å². The highest BCUT2D eigenvalue weighted by molar-refractivity contribution is 5.91. The summed E-state index contributed by atoms with van der Waals surface area (Å²) in [6, 6.07) is 0. The number of hydrogen-bond acceptors (Lipinski definition) is 5. The third kappa shape index (κ3) is 5.13. The van der Waals surface area contributed by atoms with Gasteiger partial charge in [-0.1, -0.05) is 0 Å². The van der Waals surface area contributed by atoms with Crippen LogP contribution in [0.3, 0.4) is 0 Å². The lowest BCUT2D eigenvalue weighted by atomic mass is 10.4. The largest absolute Gasteiger partial charge is 0.466 e. The van der Waals surface area contributed by atoms with Crippen molar-refractivity contribution in [1.29, 1.82) is 0 Å². The van der Waals surface area contributed by atoms with Crippen molar-refractivity contribution in [3.63, 3.8) is 0 Å². The zero-order chi connectivity index (χ0) is 11.1. The van der Waals surface area contributed by atoms with Gasteiger partial charge in [0, 0.05) is 14.0 Å². The maximum absolute atomic E-state index is 10.9. The summed E-state index contributed by atoms with van der Waals surface area (Å²) in [4.78, 5) is 36.8. The van der Waals surface area contributed by atoms with Crippen molar-refractivity contribution in [3.8, 4) is 0 Å². The molecule has 0 spiro atoms. The van der Waals surface area contributed by atoms with E-state index >= 15 is 0 Å². The van der Waals surface area contributed by atoms with Crippen LogP contribution in [0.2, 0.25) is 0 Å². The molecule has 0 aliphatic rings. The topological polar surface area (TPSA) is 72.9 Å². The van der Waals surface area contributed by atoms with E-state index in [1.807, 2.05) is 0 Å². The van der Waals surface area contributed by atoms with Gasteiger partial charge in [0.15, 0.2) is 0 Å². The molecule has 0 aromatic carbocycles. The molecule has 0 saturated carbocycles. The maximum atomic E-state index is 10.9. The second-order valence-corrected chi connectivity index (χ2v) is 2.46. The molecule has 0 N–H and O–H groups in total. The average Bonchev–Trinajstić information content (AvgIpc) is 2.03. The number of esters is 1. The van der Waals surface area contributed by atoms with E-state index in [9.17, 15) is 14.4 Å². The quantitative estimate of drug-likeness (QED) is 0.363. The number of amides is 1. The van der Waals surface area contributed by atoms with Gasteiger partial charge in [0.2, 0.25) is 0 Å². The fraction of sp³-hybridized carbons (Fsp3) is 0.625. The standard InChI is InChI=1S/C8H13NO5/c1-4-13-7(11)5-8(12)14-9(3)6(2)10/h4-5H2,1-3H3. The molecule has 0 rings (SSSR count). The number of carbonyl (C=O) groups excluding carboxylic acids is 3. The average molecular weight is 203 g/mol. The highest BCUT2D eigenvalue weighted by atomic mass is 16.7. The monoisotopic (exact) mass is 203 g/mol. The Morgan fingerprint density at radius 1 is 1.21 bits per heavy atom. The van der Waals surface area contributed by atoms with Crippen molar-refractivity contribution in [3.05, 3.63) is 0 Å². The van der Waals surface area contributed by atoms with Crippen molar-refractivity contribution in [2.24, 2.45) is 0 Å². The van der Waals surface area contributed by atoms with Crippen molar-refractivity contribution in [2.75, 3.05) is 13.7 Å². The molecule has 0 aliphatic carbocycles. The van der Waals surface area contributed by atoms with Crippen LogP contribution in [0, 0.1) is 0 Å². The van der Waals surface area contributed by atoms with Crippen LogP contribution in [0.1, 0.15) is 20.3 Å². The number of ether oxygens (including phenoxy) is 1. The van der Waals surface area contributed by atoms with Crippen LogP contribution in [0.5, 0.6) is 0 Å². The van der Waals surface area contributed by atoms with Gasteiger partial charge in [0.1, 0.15) is 6.42 Å². The summed E-state index contributed by atoms with van der Waals surface area (Å²) < 4.78 is 4.51. The number of rotatable bonds is 3. The van der Waals surface area contributed by atoms with E-state index in [0.717, 1.165) is 5.06 Å². The first-order valence-corrected chi connectivity index (χ1v) is 4.08. The van der Waals surface area contributed by atoms with Gasteiger partial charge in [-0.2, -0.15) is 5.06 Å². The van der Waals surface area contributed by atoms with E-state index in [0.29, 0.717) is 0 Å². The Labute approximate surface area is 81.7 Å². The fourth-order valence-corrected chi connectivity index (χ4v) is 0.579. The summed E-state index contributed by atoms with van der Waals surface area (Å²) >= 11 is 0. The van der Waals surface area contributed by atoms with Crippen molar-refractivity contribution in [1.82, 2.24) is 5.06 Å². The van der Waals surface area contributed by atoms with Gasteiger partial charge < -0.3 is 9.57 Å². The summed E-state index contributed by atoms with van der Waals surface area (Å²) in [5, 5.41) is 0.752. The molecular formula is C8H13NO5. The first kappa shape index (κ1) is 12.4. The van der Waals surface area contributed by atoms with E-state index < -0.39 is 24.3 Å². The van der Waals surface area contributed by atoms with Crippen molar-refractivity contribution < 1.29 is 24.0 Å². The minimum absolute atomic E-state index is 0.203. The molecule has 6 nitrogen and oxygen atoms in total. The molecule has 14 heavy (non-hydrogen) atoms. The third-order valence-electron chi connectivity index (χ3n) is 1.28. The minimum atomic E-state index is -0.818. The second-order valence-electron chi connectivity index (χ2n) is 2.46.